The number of hydrogen-bond donors (Lipinski definition) is 1. The Hall–Kier alpha value is -3.29. The predicted octanol–water partition coefficient (Wildman–Crippen LogP) is 5.16. The number of anilines is 1. The third-order valence-corrected chi connectivity index (χ3v) is 6.96. The summed E-state index contributed by atoms with van der Waals surface area (Å²) in [6.45, 7) is 0.562. The Labute approximate surface area is 196 Å². The number of rotatable bonds is 5. The zero-order chi connectivity index (χ0) is 23.9. The summed E-state index contributed by atoms with van der Waals surface area (Å²) in [6.07, 6.45) is 7.66. The van der Waals surface area contributed by atoms with Crippen LogP contribution < -0.4 is 10.2 Å². The number of hydrogen-bond acceptors (Lipinski definition) is 3. The van der Waals surface area contributed by atoms with Gasteiger partial charge in [0.05, 0.1) is 29.8 Å². The summed E-state index contributed by atoms with van der Waals surface area (Å²) in [5, 5.41) is 7.98. The first kappa shape index (κ1) is 22.5. The molecule has 6 nitrogen and oxygen atoms in total. The molecule has 0 unspecified atom stereocenters. The monoisotopic (exact) mass is 466 g/mol. The molecule has 1 aromatic heterocycles. The highest BCUT2D eigenvalue weighted by Gasteiger charge is 2.45. The molecule has 2 atom stereocenters. The van der Waals surface area contributed by atoms with Gasteiger partial charge >= 0.3 is 5.92 Å². The molecular weight excluding hydrogens is 438 g/mol. The molecule has 5 rings (SSSR count). The number of aromatic nitrogens is 2. The molecule has 2 amide bonds. The van der Waals surface area contributed by atoms with Gasteiger partial charge in [0.2, 0.25) is 5.91 Å². The molecule has 1 aliphatic carbocycles. The van der Waals surface area contributed by atoms with Crippen LogP contribution in [0.25, 0.3) is 10.9 Å². The minimum absolute atomic E-state index is 0.0548. The van der Waals surface area contributed by atoms with Crippen molar-refractivity contribution in [3.63, 3.8) is 0 Å². The van der Waals surface area contributed by atoms with E-state index in [1.165, 1.54) is 19.3 Å². The van der Waals surface area contributed by atoms with Crippen molar-refractivity contribution < 1.29 is 18.4 Å². The van der Waals surface area contributed by atoms with E-state index in [9.17, 15) is 18.4 Å². The molecule has 2 aromatic carbocycles. The molecule has 178 valence electrons. The number of carbonyl (C=O) groups is 2. The summed E-state index contributed by atoms with van der Waals surface area (Å²) in [5.74, 6) is -5.13. The highest BCUT2D eigenvalue weighted by Crippen LogP contribution is 2.39. The Kier molecular flexibility index (Phi) is 5.83. The maximum atomic E-state index is 13.6. The maximum absolute atomic E-state index is 13.6. The second-order valence-electron chi connectivity index (χ2n) is 9.42. The fourth-order valence-corrected chi connectivity index (χ4v) is 5.30. The molecule has 8 heteroatoms. The van der Waals surface area contributed by atoms with Crippen molar-refractivity contribution in [3.8, 4) is 0 Å². The van der Waals surface area contributed by atoms with E-state index in [1.807, 2.05) is 54.7 Å². The highest BCUT2D eigenvalue weighted by atomic mass is 19.3. The molecule has 1 saturated heterocycles. The molecule has 1 N–H and O–H groups in total. The van der Waals surface area contributed by atoms with Gasteiger partial charge in [0.15, 0.2) is 0 Å². The molecule has 2 aliphatic rings. The minimum atomic E-state index is -3.52. The SMILES string of the molecule is CC(F)(F)C(=O)N[C@@H]1CC(=O)N(c2ccc3c(cnn3C3CCCCC3)c2)[C@H]1c1ccccc1. The lowest BCUT2D eigenvalue weighted by atomic mass is 9.95. The van der Waals surface area contributed by atoms with Gasteiger partial charge in [0.1, 0.15) is 0 Å². The van der Waals surface area contributed by atoms with Crippen LogP contribution in [0.4, 0.5) is 14.5 Å². The molecule has 2 fully saturated rings. The van der Waals surface area contributed by atoms with Crippen molar-refractivity contribution in [2.24, 2.45) is 0 Å². The molecule has 2 heterocycles. The van der Waals surface area contributed by atoms with Gasteiger partial charge in [-0.2, -0.15) is 13.9 Å². The normalized spacial score (nSPS) is 21.9. The average molecular weight is 467 g/mol. The van der Waals surface area contributed by atoms with Gasteiger partial charge in [-0.25, -0.2) is 0 Å². The molecule has 3 aromatic rings. The van der Waals surface area contributed by atoms with E-state index >= 15 is 0 Å². The fourth-order valence-electron chi connectivity index (χ4n) is 5.30. The van der Waals surface area contributed by atoms with Crippen LogP contribution in [0.5, 0.6) is 0 Å². The third kappa shape index (κ3) is 4.17. The van der Waals surface area contributed by atoms with Crippen LogP contribution >= 0.6 is 0 Å². The standard InChI is InChI=1S/C26H28F2N4O2/c1-26(27,28)25(34)30-21-15-23(33)31(24(21)17-8-4-2-5-9-17)20-12-13-22-18(14-20)16-29-32(22)19-10-6-3-7-11-19/h2,4-5,8-9,12-14,16,19,21,24H,3,6-7,10-11,15H2,1H3,(H,30,34)/t21-,24+/m1/s1. The third-order valence-electron chi connectivity index (χ3n) is 6.96. The molecule has 0 radical (unpaired) electrons. The Morgan fingerprint density at radius 2 is 1.82 bits per heavy atom. The smallest absolute Gasteiger partial charge is 0.321 e. The van der Waals surface area contributed by atoms with E-state index < -0.39 is 23.9 Å². The van der Waals surface area contributed by atoms with Crippen molar-refractivity contribution in [1.82, 2.24) is 15.1 Å². The Morgan fingerprint density at radius 3 is 2.53 bits per heavy atom. The van der Waals surface area contributed by atoms with E-state index in [4.69, 9.17) is 0 Å². The van der Waals surface area contributed by atoms with Crippen LogP contribution in [0.1, 0.15) is 63.1 Å². The number of nitrogens with zero attached hydrogens (tertiary/aromatic N) is 3. The lowest BCUT2D eigenvalue weighted by Crippen LogP contribution is -2.46. The van der Waals surface area contributed by atoms with Crippen molar-refractivity contribution in [3.05, 3.63) is 60.3 Å². The number of alkyl halides is 2. The van der Waals surface area contributed by atoms with Gasteiger partial charge in [-0.1, -0.05) is 49.6 Å². The van der Waals surface area contributed by atoms with E-state index in [0.717, 1.165) is 29.3 Å². The second kappa shape index (κ2) is 8.81. The minimum Gasteiger partial charge on any atom is -0.345 e. The Morgan fingerprint density at radius 1 is 1.09 bits per heavy atom. The number of amides is 2. The zero-order valence-electron chi connectivity index (χ0n) is 19.1. The van der Waals surface area contributed by atoms with Crippen LogP contribution in [0.15, 0.2) is 54.7 Å². The molecule has 1 aliphatic heterocycles. The summed E-state index contributed by atoms with van der Waals surface area (Å²) < 4.78 is 29.3. The van der Waals surface area contributed by atoms with Crippen LogP contribution in [-0.2, 0) is 9.59 Å². The molecule has 0 spiro atoms. The molecule has 34 heavy (non-hydrogen) atoms. The summed E-state index contributed by atoms with van der Waals surface area (Å²) in [4.78, 5) is 26.8. The van der Waals surface area contributed by atoms with Crippen molar-refractivity contribution in [2.45, 2.75) is 69.5 Å². The maximum Gasteiger partial charge on any atom is 0.321 e. The first-order valence-corrected chi connectivity index (χ1v) is 11.9. The Balaban J connectivity index is 1.50. The number of fused-ring (bicyclic) bond motifs is 1. The first-order valence-electron chi connectivity index (χ1n) is 11.9. The van der Waals surface area contributed by atoms with Gasteiger partial charge in [-0.15, -0.1) is 0 Å². The van der Waals surface area contributed by atoms with Crippen LogP contribution in [-0.4, -0.2) is 33.6 Å². The molecule has 0 bridgehead atoms. The van der Waals surface area contributed by atoms with Gasteiger partial charge in [0.25, 0.3) is 5.91 Å². The first-order chi connectivity index (χ1) is 16.3. The van der Waals surface area contributed by atoms with Crippen LogP contribution in [0, 0.1) is 0 Å². The van der Waals surface area contributed by atoms with Gasteiger partial charge in [-0.3, -0.25) is 14.3 Å². The largest absolute Gasteiger partial charge is 0.345 e. The quantitative estimate of drug-likeness (QED) is 0.565. The van der Waals surface area contributed by atoms with Crippen LogP contribution in [0.3, 0.4) is 0 Å². The van der Waals surface area contributed by atoms with E-state index in [1.54, 1.807) is 4.90 Å². The topological polar surface area (TPSA) is 67.2 Å². The summed E-state index contributed by atoms with van der Waals surface area (Å²) in [6, 6.07) is 14.0. The van der Waals surface area contributed by atoms with Crippen molar-refractivity contribution in [1.29, 1.82) is 0 Å². The number of halogens is 2. The lowest BCUT2D eigenvalue weighted by Gasteiger charge is -2.30. The average Bonchev–Trinajstić information content (AvgIpc) is 3.39. The van der Waals surface area contributed by atoms with Crippen LogP contribution in [0.2, 0.25) is 0 Å². The predicted molar refractivity (Wildman–Crippen MR) is 126 cm³/mol. The molecular formula is C26H28F2N4O2. The van der Waals surface area contributed by atoms with E-state index in [2.05, 4.69) is 15.1 Å². The zero-order valence-corrected chi connectivity index (χ0v) is 19.1. The fraction of sp³-hybridized carbons (Fsp3) is 0.423. The van der Waals surface area contributed by atoms with Gasteiger partial charge in [0, 0.05) is 24.4 Å². The Bertz CT molecular complexity index is 1200. The van der Waals surface area contributed by atoms with E-state index in [0.29, 0.717) is 18.7 Å². The van der Waals surface area contributed by atoms with Crippen molar-refractivity contribution in [2.75, 3.05) is 4.90 Å². The number of benzene rings is 2. The number of carbonyl (C=O) groups excluding carboxylic acids is 2. The highest BCUT2D eigenvalue weighted by molar-refractivity contribution is 6.00. The summed E-state index contributed by atoms with van der Waals surface area (Å²) in [7, 11) is 0. The van der Waals surface area contributed by atoms with Gasteiger partial charge in [-0.05, 0) is 36.6 Å². The number of nitrogens with one attached hydrogen (secondary N) is 1. The van der Waals surface area contributed by atoms with Crippen molar-refractivity contribution >= 4 is 28.4 Å². The summed E-state index contributed by atoms with van der Waals surface area (Å²) in [5.41, 5.74) is 2.46. The summed E-state index contributed by atoms with van der Waals surface area (Å²) >= 11 is 0. The molecule has 1 saturated carbocycles. The lowest BCUT2D eigenvalue weighted by molar-refractivity contribution is -0.143. The van der Waals surface area contributed by atoms with Gasteiger partial charge < -0.3 is 10.2 Å². The van der Waals surface area contributed by atoms with E-state index in [-0.39, 0.29) is 12.3 Å². The second-order valence-corrected chi connectivity index (χ2v) is 9.42.